The number of nitrogens with one attached hydrogen (secondary N) is 2. The minimum Gasteiger partial charge on any atom is -0.497 e. The van der Waals surface area contributed by atoms with Crippen LogP contribution in [0.2, 0.25) is 0 Å². The molecule has 0 unspecified atom stereocenters. The first-order valence-corrected chi connectivity index (χ1v) is 9.51. The Balaban J connectivity index is 0.000000534. The van der Waals surface area contributed by atoms with Gasteiger partial charge in [-0.1, -0.05) is 12.1 Å². The molecule has 1 aromatic heterocycles. The summed E-state index contributed by atoms with van der Waals surface area (Å²) in [6.45, 7) is 3.30. The van der Waals surface area contributed by atoms with Gasteiger partial charge in [0.2, 0.25) is 0 Å². The van der Waals surface area contributed by atoms with E-state index in [1.54, 1.807) is 7.11 Å². The number of aryl methyl sites for hydroxylation is 1. The molecule has 0 bridgehead atoms. The van der Waals surface area contributed by atoms with Crippen LogP contribution in [0.5, 0.6) is 5.75 Å². The minimum atomic E-state index is -4.29. The average Bonchev–Trinajstić information content (AvgIpc) is 3.05. The number of hydrogen-bond donors (Lipinski definition) is 4. The second-order valence-electron chi connectivity index (χ2n) is 6.87. The van der Waals surface area contributed by atoms with Crippen LogP contribution in [-0.4, -0.2) is 40.8 Å². The second-order valence-corrected chi connectivity index (χ2v) is 6.87. The number of carboxylic acids is 2. The molecule has 0 spiro atoms. The van der Waals surface area contributed by atoms with Gasteiger partial charge in [0.05, 0.1) is 12.7 Å². The molecule has 0 fully saturated rings. The Morgan fingerprint density at radius 1 is 1.06 bits per heavy atom. The van der Waals surface area contributed by atoms with Crippen LogP contribution in [-0.2, 0) is 28.7 Å². The molecule has 0 aliphatic carbocycles. The number of carboxylic acid groups (broad SMARTS) is 2. The van der Waals surface area contributed by atoms with Crippen molar-refractivity contribution in [2.45, 2.75) is 26.1 Å². The highest BCUT2D eigenvalue weighted by Crippen LogP contribution is 2.29. The Labute approximate surface area is 181 Å². The Kier molecular flexibility index (Phi) is 8.25. The molecule has 0 amide bonds. The molecular weight excluding hydrogens is 429 g/mol. The second kappa shape index (κ2) is 10.7. The van der Waals surface area contributed by atoms with Gasteiger partial charge in [0.15, 0.2) is 0 Å². The van der Waals surface area contributed by atoms with E-state index >= 15 is 0 Å². The van der Waals surface area contributed by atoms with Crippen LogP contribution in [0.4, 0.5) is 13.2 Å². The molecule has 0 saturated heterocycles. The molecular formula is C22H23F3N2O5. The fourth-order valence-electron chi connectivity index (χ4n) is 3.07. The Bertz CT molecular complexity index is 1060. The van der Waals surface area contributed by atoms with Crippen molar-refractivity contribution in [3.8, 4) is 5.75 Å². The van der Waals surface area contributed by atoms with E-state index in [9.17, 15) is 13.2 Å². The lowest BCUT2D eigenvalue weighted by atomic mass is 10.1. The lowest BCUT2D eigenvalue weighted by Crippen LogP contribution is -2.17. The lowest BCUT2D eigenvalue weighted by Gasteiger charge is -2.09. The molecule has 0 atom stereocenters. The number of methoxy groups -OCH3 is 1. The monoisotopic (exact) mass is 452 g/mol. The quantitative estimate of drug-likeness (QED) is 0.332. The average molecular weight is 452 g/mol. The first-order chi connectivity index (χ1) is 15.0. The molecule has 2 aromatic carbocycles. The number of fused-ring (bicyclic) bond motifs is 1. The number of ether oxygens (including phenoxy) is 1. The van der Waals surface area contributed by atoms with Gasteiger partial charge in [0.1, 0.15) is 5.75 Å². The SMILES string of the molecule is COc1ccc2[nH]c(C)c(CCNCc3ccc(C(F)(F)F)cc3)c2c1.O=C(O)C(=O)O. The number of aliphatic carboxylic acids is 2. The van der Waals surface area contributed by atoms with E-state index in [0.29, 0.717) is 6.54 Å². The van der Waals surface area contributed by atoms with Crippen LogP contribution < -0.4 is 10.1 Å². The molecule has 0 radical (unpaired) electrons. The van der Waals surface area contributed by atoms with E-state index in [1.807, 2.05) is 25.1 Å². The van der Waals surface area contributed by atoms with Gasteiger partial charge < -0.3 is 25.3 Å². The number of rotatable bonds is 6. The maximum atomic E-state index is 12.6. The summed E-state index contributed by atoms with van der Waals surface area (Å²) in [4.78, 5) is 21.6. The predicted octanol–water partition coefficient (Wildman–Crippen LogP) is 3.99. The van der Waals surface area contributed by atoms with Crippen molar-refractivity contribution in [2.24, 2.45) is 0 Å². The summed E-state index contributed by atoms with van der Waals surface area (Å²) in [7, 11) is 1.64. The summed E-state index contributed by atoms with van der Waals surface area (Å²) in [5.74, 6) is -2.83. The minimum absolute atomic E-state index is 0.531. The first-order valence-electron chi connectivity index (χ1n) is 9.51. The van der Waals surface area contributed by atoms with Crippen LogP contribution in [0.15, 0.2) is 42.5 Å². The zero-order chi connectivity index (χ0) is 23.9. The number of alkyl halides is 3. The standard InChI is InChI=1S/C20H21F3N2O.C2H2O4/c1-13-17(18-11-16(26-2)7-8-19(18)25-13)9-10-24-12-14-3-5-15(6-4-14)20(21,22)23;3-1(4)2(5)6/h3-8,11,24-25H,9-10,12H2,1-2H3;(H,3,4)(H,5,6). The molecule has 1 heterocycles. The summed E-state index contributed by atoms with van der Waals surface area (Å²) in [5.41, 5.74) is 3.62. The topological polar surface area (TPSA) is 112 Å². The molecule has 7 nitrogen and oxygen atoms in total. The van der Waals surface area contributed by atoms with Crippen molar-refractivity contribution in [2.75, 3.05) is 13.7 Å². The van der Waals surface area contributed by atoms with Crippen LogP contribution in [0.25, 0.3) is 10.9 Å². The molecule has 4 N–H and O–H groups in total. The zero-order valence-electron chi connectivity index (χ0n) is 17.4. The van der Waals surface area contributed by atoms with E-state index in [2.05, 4.69) is 10.3 Å². The first kappa shape index (κ1) is 24.7. The molecule has 32 heavy (non-hydrogen) atoms. The summed E-state index contributed by atoms with van der Waals surface area (Å²) in [5, 5.41) is 19.2. The molecule has 3 rings (SSSR count). The molecule has 10 heteroatoms. The van der Waals surface area contributed by atoms with Crippen molar-refractivity contribution in [3.63, 3.8) is 0 Å². The Morgan fingerprint density at radius 3 is 2.22 bits per heavy atom. The molecule has 0 aliphatic rings. The van der Waals surface area contributed by atoms with Crippen molar-refractivity contribution in [1.82, 2.24) is 10.3 Å². The van der Waals surface area contributed by atoms with E-state index in [1.165, 1.54) is 17.7 Å². The van der Waals surface area contributed by atoms with E-state index in [4.69, 9.17) is 24.5 Å². The third kappa shape index (κ3) is 6.74. The Hall–Kier alpha value is -3.53. The van der Waals surface area contributed by atoms with Crippen molar-refractivity contribution in [1.29, 1.82) is 0 Å². The summed E-state index contributed by atoms with van der Waals surface area (Å²) in [6, 6.07) is 11.2. The fraction of sp³-hybridized carbons (Fsp3) is 0.273. The molecule has 172 valence electrons. The summed E-state index contributed by atoms with van der Waals surface area (Å²) < 4.78 is 43.0. The number of benzene rings is 2. The van der Waals surface area contributed by atoms with Gasteiger partial charge in [-0.05, 0) is 61.3 Å². The number of carbonyl (C=O) groups is 2. The number of aromatic amines is 1. The van der Waals surface area contributed by atoms with Crippen LogP contribution in [0.1, 0.15) is 22.4 Å². The normalized spacial score (nSPS) is 11.0. The highest BCUT2D eigenvalue weighted by molar-refractivity contribution is 6.27. The third-order valence-electron chi connectivity index (χ3n) is 4.67. The van der Waals surface area contributed by atoms with Crippen LogP contribution >= 0.6 is 0 Å². The number of H-pyrrole nitrogens is 1. The van der Waals surface area contributed by atoms with Gasteiger partial charge in [-0.15, -0.1) is 0 Å². The molecule has 0 saturated carbocycles. The number of hydrogen-bond acceptors (Lipinski definition) is 4. The summed E-state index contributed by atoms with van der Waals surface area (Å²) in [6.07, 6.45) is -3.47. The largest absolute Gasteiger partial charge is 0.497 e. The van der Waals surface area contributed by atoms with Gasteiger partial charge in [-0.25, -0.2) is 9.59 Å². The van der Waals surface area contributed by atoms with Gasteiger partial charge in [-0.2, -0.15) is 13.2 Å². The lowest BCUT2D eigenvalue weighted by molar-refractivity contribution is -0.159. The molecule has 0 aliphatic heterocycles. The van der Waals surface area contributed by atoms with Gasteiger partial charge in [0, 0.05) is 23.1 Å². The van der Waals surface area contributed by atoms with Crippen molar-refractivity contribution in [3.05, 3.63) is 64.8 Å². The number of aromatic nitrogens is 1. The zero-order valence-corrected chi connectivity index (χ0v) is 17.4. The third-order valence-corrected chi connectivity index (χ3v) is 4.67. The van der Waals surface area contributed by atoms with Gasteiger partial charge >= 0.3 is 18.1 Å². The highest BCUT2D eigenvalue weighted by Gasteiger charge is 2.29. The summed E-state index contributed by atoms with van der Waals surface area (Å²) >= 11 is 0. The smallest absolute Gasteiger partial charge is 0.416 e. The Morgan fingerprint density at radius 2 is 1.69 bits per heavy atom. The van der Waals surface area contributed by atoms with Crippen LogP contribution in [0, 0.1) is 6.92 Å². The maximum Gasteiger partial charge on any atom is 0.416 e. The fourth-order valence-corrected chi connectivity index (χ4v) is 3.07. The van der Waals surface area contributed by atoms with Crippen molar-refractivity contribution < 1.29 is 37.7 Å². The van der Waals surface area contributed by atoms with E-state index in [0.717, 1.165) is 53.0 Å². The highest BCUT2D eigenvalue weighted by atomic mass is 19.4. The predicted molar refractivity (Wildman–Crippen MR) is 112 cm³/mol. The van der Waals surface area contributed by atoms with E-state index in [-0.39, 0.29) is 0 Å². The maximum absolute atomic E-state index is 12.6. The van der Waals surface area contributed by atoms with Gasteiger partial charge in [0.25, 0.3) is 0 Å². The molecule has 3 aromatic rings. The van der Waals surface area contributed by atoms with E-state index < -0.39 is 23.7 Å². The van der Waals surface area contributed by atoms with Gasteiger partial charge in [-0.3, -0.25) is 0 Å². The van der Waals surface area contributed by atoms with Crippen molar-refractivity contribution >= 4 is 22.8 Å². The van der Waals surface area contributed by atoms with Crippen LogP contribution in [0.3, 0.4) is 0 Å². The number of halogens is 3.